The van der Waals surface area contributed by atoms with Gasteiger partial charge in [-0.2, -0.15) is 0 Å². The number of nitrogens with one attached hydrogen (secondary N) is 1. The molecule has 0 aliphatic rings. The Morgan fingerprint density at radius 1 is 0.958 bits per heavy atom. The van der Waals surface area contributed by atoms with Crippen molar-refractivity contribution < 1.29 is 4.79 Å². The maximum absolute atomic E-state index is 12.8. The lowest BCUT2D eigenvalue weighted by Crippen LogP contribution is -2.04. The van der Waals surface area contributed by atoms with Crippen LogP contribution in [0.15, 0.2) is 82.2 Å². The Morgan fingerprint density at radius 2 is 1.75 bits per heavy atom. The highest BCUT2D eigenvalue weighted by molar-refractivity contribution is 9.10. The van der Waals surface area contributed by atoms with Gasteiger partial charge in [0.25, 0.3) is 0 Å². The molecule has 0 heterocycles. The second-order valence-electron chi connectivity index (χ2n) is 5.05. The zero-order valence-corrected chi connectivity index (χ0v) is 15.7. The molecule has 0 aliphatic carbocycles. The first-order valence-corrected chi connectivity index (χ1v) is 9.20. The average molecular weight is 419 g/mol. The summed E-state index contributed by atoms with van der Waals surface area (Å²) in [4.78, 5) is 13.8. The number of rotatable bonds is 5. The smallest absolute Gasteiger partial charge is 0.195 e. The van der Waals surface area contributed by atoms with Crippen LogP contribution in [-0.2, 0) is 0 Å². The first kappa shape index (κ1) is 17.1. The van der Waals surface area contributed by atoms with E-state index in [0.717, 1.165) is 15.1 Å². The van der Waals surface area contributed by atoms with E-state index < -0.39 is 0 Å². The van der Waals surface area contributed by atoms with Gasteiger partial charge in [0.15, 0.2) is 5.78 Å². The summed E-state index contributed by atoms with van der Waals surface area (Å²) >= 11 is 11.0. The van der Waals surface area contributed by atoms with E-state index in [-0.39, 0.29) is 5.78 Å². The Hall–Kier alpha value is -1.75. The van der Waals surface area contributed by atoms with E-state index in [0.29, 0.717) is 16.1 Å². The third-order valence-electron chi connectivity index (χ3n) is 3.34. The van der Waals surface area contributed by atoms with E-state index >= 15 is 0 Å². The molecule has 0 fully saturated rings. The van der Waals surface area contributed by atoms with Crippen LogP contribution in [0.2, 0.25) is 5.02 Å². The Balaban J connectivity index is 1.87. The molecule has 0 unspecified atom stereocenters. The van der Waals surface area contributed by atoms with Crippen molar-refractivity contribution in [2.75, 3.05) is 4.72 Å². The highest BCUT2D eigenvalue weighted by Crippen LogP contribution is 2.29. The van der Waals surface area contributed by atoms with E-state index in [1.54, 1.807) is 24.3 Å². The molecule has 0 spiro atoms. The summed E-state index contributed by atoms with van der Waals surface area (Å²) in [6.07, 6.45) is 0. The van der Waals surface area contributed by atoms with Crippen LogP contribution in [-0.4, -0.2) is 5.78 Å². The number of benzene rings is 3. The number of hydrogen-bond acceptors (Lipinski definition) is 3. The van der Waals surface area contributed by atoms with Gasteiger partial charge in [-0.1, -0.05) is 63.9 Å². The van der Waals surface area contributed by atoms with Gasteiger partial charge in [0, 0.05) is 25.5 Å². The molecule has 0 aromatic heterocycles. The van der Waals surface area contributed by atoms with Gasteiger partial charge in [0.05, 0.1) is 5.69 Å². The second kappa shape index (κ2) is 7.88. The lowest BCUT2D eigenvalue weighted by atomic mass is 10.0. The van der Waals surface area contributed by atoms with Crippen LogP contribution in [0.5, 0.6) is 0 Å². The maximum atomic E-state index is 12.8. The fourth-order valence-corrected chi connectivity index (χ4v) is 3.64. The Morgan fingerprint density at radius 3 is 2.50 bits per heavy atom. The Bertz CT molecular complexity index is 870. The zero-order valence-electron chi connectivity index (χ0n) is 12.5. The predicted molar refractivity (Wildman–Crippen MR) is 105 cm³/mol. The van der Waals surface area contributed by atoms with E-state index in [1.807, 2.05) is 48.5 Å². The van der Waals surface area contributed by atoms with Crippen LogP contribution in [0.25, 0.3) is 0 Å². The molecule has 5 heteroatoms. The molecule has 0 amide bonds. The summed E-state index contributed by atoms with van der Waals surface area (Å²) in [7, 11) is 0. The lowest BCUT2D eigenvalue weighted by molar-refractivity contribution is 0.103. The predicted octanol–water partition coefficient (Wildman–Crippen LogP) is 6.45. The first-order valence-electron chi connectivity index (χ1n) is 7.21. The van der Waals surface area contributed by atoms with E-state index in [9.17, 15) is 4.79 Å². The van der Waals surface area contributed by atoms with E-state index in [2.05, 4.69) is 20.7 Å². The molecule has 0 saturated heterocycles. The normalized spacial score (nSPS) is 10.4. The highest BCUT2D eigenvalue weighted by atomic mass is 79.9. The quantitative estimate of drug-likeness (QED) is 0.381. The minimum atomic E-state index is -0.0598. The maximum Gasteiger partial charge on any atom is 0.195 e. The minimum Gasteiger partial charge on any atom is -0.325 e. The summed E-state index contributed by atoms with van der Waals surface area (Å²) in [6.45, 7) is 0. The van der Waals surface area contributed by atoms with E-state index in [4.69, 9.17) is 11.6 Å². The minimum absolute atomic E-state index is 0.0598. The summed E-state index contributed by atoms with van der Waals surface area (Å²) in [5, 5.41) is 0.535. The fraction of sp³-hybridized carbons (Fsp3) is 0. The van der Waals surface area contributed by atoms with Crippen LogP contribution in [0.4, 0.5) is 5.69 Å². The number of hydrogen-bond donors (Lipinski definition) is 1. The Kier molecular flexibility index (Phi) is 5.61. The molecule has 2 nitrogen and oxygen atoms in total. The van der Waals surface area contributed by atoms with Crippen molar-refractivity contribution in [1.29, 1.82) is 0 Å². The Labute approximate surface area is 158 Å². The third-order valence-corrected chi connectivity index (χ3v) is 4.88. The van der Waals surface area contributed by atoms with Crippen LogP contribution in [0, 0.1) is 0 Å². The van der Waals surface area contributed by atoms with Gasteiger partial charge in [-0.05, 0) is 48.3 Å². The van der Waals surface area contributed by atoms with Crippen molar-refractivity contribution in [2.24, 2.45) is 0 Å². The number of carbonyl (C=O) groups excluding carboxylic acids is 1. The summed E-state index contributed by atoms with van der Waals surface area (Å²) in [5.74, 6) is -0.0598. The molecular formula is C19H13BrClNOS. The van der Waals surface area contributed by atoms with Gasteiger partial charge in [-0.25, -0.2) is 0 Å². The van der Waals surface area contributed by atoms with E-state index in [1.165, 1.54) is 11.9 Å². The molecule has 24 heavy (non-hydrogen) atoms. The topological polar surface area (TPSA) is 29.1 Å². The molecule has 3 aromatic rings. The highest BCUT2D eigenvalue weighted by Gasteiger charge is 2.14. The average Bonchev–Trinajstić information content (AvgIpc) is 2.61. The van der Waals surface area contributed by atoms with Gasteiger partial charge >= 0.3 is 0 Å². The number of ketones is 1. The molecule has 3 aromatic carbocycles. The van der Waals surface area contributed by atoms with Crippen molar-refractivity contribution in [3.05, 3.63) is 93.4 Å². The van der Waals surface area contributed by atoms with Crippen molar-refractivity contribution in [2.45, 2.75) is 4.90 Å². The van der Waals surface area contributed by atoms with Crippen molar-refractivity contribution in [3.8, 4) is 0 Å². The third kappa shape index (κ3) is 4.20. The number of halogens is 2. The van der Waals surface area contributed by atoms with Gasteiger partial charge in [0.2, 0.25) is 0 Å². The SMILES string of the molecule is O=C(c1ccccc1)c1cc(Cl)ccc1NSc1cccc(Br)c1. The zero-order chi connectivity index (χ0) is 16.9. The molecule has 3 rings (SSSR count). The van der Waals surface area contributed by atoms with Crippen LogP contribution in [0.1, 0.15) is 15.9 Å². The molecule has 0 radical (unpaired) electrons. The van der Waals surface area contributed by atoms with Crippen LogP contribution in [0.3, 0.4) is 0 Å². The summed E-state index contributed by atoms with van der Waals surface area (Å²) in [6, 6.07) is 22.4. The molecule has 0 bridgehead atoms. The van der Waals surface area contributed by atoms with Crippen molar-refractivity contribution in [3.63, 3.8) is 0 Å². The molecule has 120 valence electrons. The van der Waals surface area contributed by atoms with Gasteiger partial charge in [-0.3, -0.25) is 4.79 Å². The largest absolute Gasteiger partial charge is 0.325 e. The first-order chi connectivity index (χ1) is 11.6. The molecular weight excluding hydrogens is 406 g/mol. The van der Waals surface area contributed by atoms with Crippen LogP contribution >= 0.6 is 39.5 Å². The molecule has 0 aliphatic heterocycles. The van der Waals surface area contributed by atoms with Gasteiger partial charge < -0.3 is 4.72 Å². The second-order valence-corrected chi connectivity index (χ2v) is 7.28. The number of carbonyl (C=O) groups is 1. The molecule has 1 N–H and O–H groups in total. The van der Waals surface area contributed by atoms with Crippen molar-refractivity contribution in [1.82, 2.24) is 0 Å². The number of anilines is 1. The lowest BCUT2D eigenvalue weighted by Gasteiger charge is -2.11. The molecule has 0 saturated carbocycles. The molecule has 0 atom stereocenters. The summed E-state index contributed by atoms with van der Waals surface area (Å²) < 4.78 is 4.26. The summed E-state index contributed by atoms with van der Waals surface area (Å²) in [5.41, 5.74) is 1.92. The van der Waals surface area contributed by atoms with Gasteiger partial charge in [0.1, 0.15) is 0 Å². The standard InChI is InChI=1S/C19H13BrClNOS/c20-14-7-4-8-16(11-14)24-22-18-10-9-15(21)12-17(18)19(23)13-5-2-1-3-6-13/h1-12,22H. The monoisotopic (exact) mass is 417 g/mol. The van der Waals surface area contributed by atoms with Gasteiger partial charge in [-0.15, -0.1) is 0 Å². The van der Waals surface area contributed by atoms with Crippen LogP contribution < -0.4 is 4.72 Å². The van der Waals surface area contributed by atoms with Crippen molar-refractivity contribution >= 4 is 50.9 Å². The fourth-order valence-electron chi connectivity index (χ4n) is 2.18.